The van der Waals surface area contributed by atoms with Crippen molar-refractivity contribution in [3.05, 3.63) is 0 Å². The Labute approximate surface area is 377 Å². The van der Waals surface area contributed by atoms with Crippen LogP contribution in [0.2, 0.25) is 18.1 Å². The molecule has 0 N–H and O–H groups in total. The van der Waals surface area contributed by atoms with Crippen LogP contribution in [0.5, 0.6) is 0 Å². The Morgan fingerprint density at radius 2 is 0.356 bits per heavy atom. The van der Waals surface area contributed by atoms with Crippen LogP contribution < -0.4 is 58.7 Å². The standard InChI is InChI=1S/3C9H22O3Si.4H3O3PS/c3*1-5-9-13(10-6-2,11-7-3)12-8-4;4*1-4(2,3)5/h3*5-9H2,1-4H3;4*(H3,1,2,3,5)/p-12. The zero-order valence-corrected chi connectivity index (χ0v) is 45.9. The van der Waals surface area contributed by atoms with Gasteiger partial charge < -0.3 is 125 Å². The highest BCUT2D eigenvalue weighted by Gasteiger charge is 2.40. The predicted octanol–water partition coefficient (Wildman–Crippen LogP) is -3.50. The minimum Gasteiger partial charge on any atom is -0.844 e. The second-order valence-corrected chi connectivity index (χ2v) is 27.1. The third-order valence-corrected chi connectivity index (χ3v) is 14.8. The highest BCUT2D eigenvalue weighted by atomic mass is 32.5. The van der Waals surface area contributed by atoms with E-state index in [4.69, 9.17) is 98.6 Å². The average Bonchev–Trinajstić information content (AvgIpc) is 3.00. The average molecular weight is 1060 g/mol. The maximum absolute atomic E-state index is 8.92. The summed E-state index contributed by atoms with van der Waals surface area (Å²) in [6.45, 7) is 12.0. The number of rotatable bonds is 24. The van der Waals surface area contributed by atoms with E-state index in [2.05, 4.69) is 68.0 Å². The van der Waals surface area contributed by atoms with Crippen molar-refractivity contribution in [3.8, 4) is 0 Å². The van der Waals surface area contributed by atoms with Gasteiger partial charge in [-0.25, -0.2) is 0 Å². The molecule has 0 aliphatic carbocycles. The van der Waals surface area contributed by atoms with Crippen molar-refractivity contribution in [2.45, 2.75) is 120 Å². The molecule has 0 spiro atoms. The largest absolute Gasteiger partial charge is 0.844 e. The Morgan fingerprint density at radius 3 is 0.407 bits per heavy atom. The summed E-state index contributed by atoms with van der Waals surface area (Å²) >= 11 is 13.1. The van der Waals surface area contributed by atoms with Crippen molar-refractivity contribution < 1.29 is 98.6 Å². The first kappa shape index (κ1) is 75.7. The summed E-state index contributed by atoms with van der Waals surface area (Å²) in [5.74, 6) is 0. The van der Waals surface area contributed by atoms with Crippen LogP contribution in [0, 0.1) is 0 Å². The molecule has 0 aromatic carbocycles. The molecule has 32 heteroatoms. The third kappa shape index (κ3) is 81.1. The van der Waals surface area contributed by atoms with Gasteiger partial charge in [-0.3, -0.25) is 0 Å². The molecule has 0 saturated carbocycles. The van der Waals surface area contributed by atoms with E-state index >= 15 is 0 Å². The quantitative estimate of drug-likeness (QED) is 0.0668. The SMILES string of the molecule is CCC[Si](OCC)(OCC)OCC.CCC[Si](OCC)(OCC)OCC.CCC[Si](OCC)(OCC)OCC.[O-]P([O-])([O-])=S.[O-]P([O-])([O-])=S.[O-]P([O-])([O-])=S.[O-]P([O-])([O-])=S. The van der Waals surface area contributed by atoms with Crippen LogP contribution >= 0.6 is 26.9 Å². The number of hydrogen-bond acceptors (Lipinski definition) is 25. The summed E-state index contributed by atoms with van der Waals surface area (Å²) in [5, 5.41) is 0. The van der Waals surface area contributed by atoms with Gasteiger partial charge in [0.2, 0.25) is 0 Å². The fraction of sp³-hybridized carbons (Fsp3) is 1.00. The van der Waals surface area contributed by atoms with Gasteiger partial charge in [-0.15, -0.1) is 0 Å². The van der Waals surface area contributed by atoms with Crippen LogP contribution in [0.25, 0.3) is 0 Å². The molecule has 59 heavy (non-hydrogen) atoms. The Morgan fingerprint density at radius 1 is 0.271 bits per heavy atom. The van der Waals surface area contributed by atoms with Gasteiger partial charge in [0.15, 0.2) is 0 Å². The summed E-state index contributed by atoms with van der Waals surface area (Å²) < 4.78 is 50.8. The van der Waals surface area contributed by atoms with Crippen LogP contribution in [0.15, 0.2) is 0 Å². The molecule has 0 heterocycles. The predicted molar refractivity (Wildman–Crippen MR) is 224 cm³/mol. The van der Waals surface area contributed by atoms with Crippen molar-refractivity contribution in [3.63, 3.8) is 0 Å². The summed E-state index contributed by atoms with van der Waals surface area (Å²) in [5.41, 5.74) is 0. The Bertz CT molecular complexity index is 826. The molecule has 0 bridgehead atoms. The second kappa shape index (κ2) is 45.6. The molecule has 0 aromatic heterocycles. The van der Waals surface area contributed by atoms with Gasteiger partial charge in [-0.1, -0.05) is 40.0 Å². The second-order valence-electron chi connectivity index (χ2n) is 9.99. The lowest BCUT2D eigenvalue weighted by molar-refractivity contribution is -0.413. The molecule has 0 aliphatic heterocycles. The maximum Gasteiger partial charge on any atom is 0.500 e. The van der Waals surface area contributed by atoms with Crippen LogP contribution in [-0.2, 0) is 87.1 Å². The van der Waals surface area contributed by atoms with Crippen molar-refractivity contribution in [1.29, 1.82) is 0 Å². The van der Waals surface area contributed by atoms with Crippen molar-refractivity contribution in [2.24, 2.45) is 0 Å². The smallest absolute Gasteiger partial charge is 0.500 e. The third-order valence-electron chi connectivity index (χ3n) is 4.95. The Hall–Kier alpha value is 2.41. The molecule has 0 atom stereocenters. The molecular weight excluding hydrogens is 997 g/mol. The fourth-order valence-corrected chi connectivity index (χ4v) is 11.8. The van der Waals surface area contributed by atoms with Gasteiger partial charge in [-0.2, -0.15) is 47.2 Å². The summed E-state index contributed by atoms with van der Waals surface area (Å²) in [4.78, 5) is 107. The molecule has 0 aliphatic rings. The van der Waals surface area contributed by atoms with Gasteiger partial charge in [0, 0.05) is 77.6 Å². The molecule has 0 amide bonds. The van der Waals surface area contributed by atoms with E-state index in [0.29, 0.717) is 59.5 Å². The van der Waals surface area contributed by atoms with Crippen molar-refractivity contribution >= 4 is 101 Å². The zero-order valence-electron chi connectivity index (χ0n) is 36.1. The van der Waals surface area contributed by atoms with Gasteiger partial charge in [0.25, 0.3) is 0 Å². The van der Waals surface area contributed by atoms with Gasteiger partial charge in [0.05, 0.1) is 0 Å². The van der Waals surface area contributed by atoms with Crippen molar-refractivity contribution in [2.75, 3.05) is 59.5 Å². The number of hydrogen-bond donors (Lipinski definition) is 0. The molecule has 0 radical (unpaired) electrons. The lowest BCUT2D eigenvalue weighted by atomic mass is 10.6. The van der Waals surface area contributed by atoms with Gasteiger partial charge in [-0.05, 0) is 62.3 Å². The lowest BCUT2D eigenvalue weighted by Crippen LogP contribution is -2.45. The van der Waals surface area contributed by atoms with Gasteiger partial charge in [0.1, 0.15) is 0 Å². The molecule has 368 valence electrons. The maximum atomic E-state index is 8.92. The summed E-state index contributed by atoms with van der Waals surface area (Å²) in [6.07, 6.45) is 3.14. The van der Waals surface area contributed by atoms with Crippen LogP contribution in [0.4, 0.5) is 0 Å². The van der Waals surface area contributed by atoms with E-state index in [1.54, 1.807) is 0 Å². The van der Waals surface area contributed by atoms with E-state index in [0.717, 1.165) is 37.4 Å². The van der Waals surface area contributed by atoms with Crippen LogP contribution in [0.3, 0.4) is 0 Å². The molecule has 21 nitrogen and oxygen atoms in total. The summed E-state index contributed by atoms with van der Waals surface area (Å²) in [7, 11) is -6.89. The zero-order chi connectivity index (χ0) is 48.5. The van der Waals surface area contributed by atoms with Gasteiger partial charge >= 0.3 is 26.4 Å². The highest BCUT2D eigenvalue weighted by molar-refractivity contribution is 8.05. The fourth-order valence-electron chi connectivity index (χ4n) is 3.92. The monoisotopic (exact) mass is 1060 g/mol. The highest BCUT2D eigenvalue weighted by Crippen LogP contribution is 2.19. The Balaban J connectivity index is -0.000000112. The lowest BCUT2D eigenvalue weighted by Gasteiger charge is -2.43. The van der Waals surface area contributed by atoms with Crippen LogP contribution in [-0.4, -0.2) is 85.9 Å². The molecule has 0 rings (SSSR count). The van der Waals surface area contributed by atoms with E-state index < -0.39 is 53.3 Å². The minimum atomic E-state index is -4.56. The van der Waals surface area contributed by atoms with Crippen molar-refractivity contribution in [1.82, 2.24) is 0 Å². The molecule has 0 aromatic rings. The van der Waals surface area contributed by atoms with E-state index in [9.17, 15) is 0 Å². The first-order chi connectivity index (χ1) is 26.7. The molecule has 0 fully saturated rings. The normalized spacial score (nSPS) is 11.9. The topological polar surface area (TPSA) is 360 Å². The van der Waals surface area contributed by atoms with E-state index in [-0.39, 0.29) is 0 Å². The van der Waals surface area contributed by atoms with E-state index in [1.807, 2.05) is 62.3 Å². The molecular formula is C27H66O21P4S4Si3-12. The molecule has 0 unspecified atom stereocenters. The van der Waals surface area contributed by atoms with E-state index in [1.165, 1.54) is 0 Å². The minimum absolute atomic E-state index is 0.673. The Kier molecular flexibility index (Phi) is 58.5. The summed E-state index contributed by atoms with van der Waals surface area (Å²) in [6, 6.07) is 2.76. The first-order valence-electron chi connectivity index (χ1n) is 18.4. The molecule has 0 saturated heterocycles. The van der Waals surface area contributed by atoms with Crippen LogP contribution in [0.1, 0.15) is 102 Å². The first-order valence-corrected chi connectivity index (χ1v) is 34.4.